The lowest BCUT2D eigenvalue weighted by molar-refractivity contribution is 0.473. The van der Waals surface area contributed by atoms with Gasteiger partial charge in [0.15, 0.2) is 0 Å². The van der Waals surface area contributed by atoms with Gasteiger partial charge in [0.05, 0.1) is 10.9 Å². The SMILES string of the molecule is CCC#Cc1cc2c(=O)oc3cc(O)ccc3c2cc1F. The van der Waals surface area contributed by atoms with Crippen LogP contribution < -0.4 is 5.63 Å². The largest absolute Gasteiger partial charge is 0.508 e. The zero-order chi connectivity index (χ0) is 15.0. The summed E-state index contributed by atoms with van der Waals surface area (Å²) in [5.41, 5.74) is -0.184. The number of phenols is 1. The predicted molar refractivity (Wildman–Crippen MR) is 78.8 cm³/mol. The third-order valence-electron chi connectivity index (χ3n) is 3.18. The third kappa shape index (κ3) is 2.23. The van der Waals surface area contributed by atoms with E-state index in [1.165, 1.54) is 24.3 Å². The van der Waals surface area contributed by atoms with E-state index in [0.717, 1.165) is 0 Å². The summed E-state index contributed by atoms with van der Waals surface area (Å²) in [7, 11) is 0. The van der Waals surface area contributed by atoms with E-state index in [0.29, 0.717) is 17.2 Å². The van der Waals surface area contributed by atoms with Gasteiger partial charge >= 0.3 is 5.63 Å². The lowest BCUT2D eigenvalue weighted by Crippen LogP contribution is -2.01. The molecule has 1 aromatic heterocycles. The second-order valence-corrected chi connectivity index (χ2v) is 4.60. The molecule has 0 unspecified atom stereocenters. The second-order valence-electron chi connectivity index (χ2n) is 4.60. The summed E-state index contributed by atoms with van der Waals surface area (Å²) in [5, 5.41) is 10.7. The van der Waals surface area contributed by atoms with Crippen LogP contribution in [-0.4, -0.2) is 5.11 Å². The van der Waals surface area contributed by atoms with E-state index >= 15 is 0 Å². The minimum absolute atomic E-state index is 0.0177. The molecule has 0 spiro atoms. The Morgan fingerprint density at radius 2 is 2.00 bits per heavy atom. The average molecular weight is 282 g/mol. The summed E-state index contributed by atoms with van der Waals surface area (Å²) in [6.07, 6.45) is 0.600. The fourth-order valence-corrected chi connectivity index (χ4v) is 2.22. The zero-order valence-corrected chi connectivity index (χ0v) is 11.2. The number of rotatable bonds is 0. The van der Waals surface area contributed by atoms with E-state index in [1.807, 2.05) is 6.92 Å². The van der Waals surface area contributed by atoms with Crippen molar-refractivity contribution in [2.75, 3.05) is 0 Å². The van der Waals surface area contributed by atoms with Crippen LogP contribution in [0.1, 0.15) is 18.9 Å². The quantitative estimate of drug-likeness (QED) is 0.390. The van der Waals surface area contributed by atoms with Crippen molar-refractivity contribution in [3.63, 3.8) is 0 Å². The van der Waals surface area contributed by atoms with Crippen molar-refractivity contribution in [2.24, 2.45) is 0 Å². The fraction of sp³-hybridized carbons (Fsp3) is 0.118. The van der Waals surface area contributed by atoms with Gasteiger partial charge in [0.25, 0.3) is 0 Å². The number of benzene rings is 2. The Hall–Kier alpha value is -2.80. The Kier molecular flexibility index (Phi) is 3.11. The predicted octanol–water partition coefficient (Wildman–Crippen LogP) is 3.55. The highest BCUT2D eigenvalue weighted by Crippen LogP contribution is 2.27. The van der Waals surface area contributed by atoms with Crippen molar-refractivity contribution >= 4 is 21.7 Å². The molecule has 0 aliphatic rings. The number of aromatic hydroxyl groups is 1. The van der Waals surface area contributed by atoms with Gasteiger partial charge in [0.2, 0.25) is 0 Å². The van der Waals surface area contributed by atoms with Crippen LogP contribution in [0.25, 0.3) is 21.7 Å². The zero-order valence-electron chi connectivity index (χ0n) is 11.2. The molecule has 0 radical (unpaired) electrons. The second kappa shape index (κ2) is 4.95. The highest BCUT2D eigenvalue weighted by atomic mass is 19.1. The summed E-state index contributed by atoms with van der Waals surface area (Å²) in [6, 6.07) is 7.08. The van der Waals surface area contributed by atoms with Gasteiger partial charge < -0.3 is 9.52 Å². The number of halogens is 1. The Labute approximate surface area is 119 Å². The first-order valence-corrected chi connectivity index (χ1v) is 6.48. The lowest BCUT2D eigenvalue weighted by atomic mass is 10.0. The Bertz CT molecular complexity index is 974. The van der Waals surface area contributed by atoms with Crippen molar-refractivity contribution in [1.29, 1.82) is 0 Å². The minimum Gasteiger partial charge on any atom is -0.508 e. The maximum Gasteiger partial charge on any atom is 0.344 e. The van der Waals surface area contributed by atoms with Crippen LogP contribution in [-0.2, 0) is 0 Å². The molecule has 3 aromatic rings. The van der Waals surface area contributed by atoms with Crippen LogP contribution in [0, 0.1) is 17.7 Å². The van der Waals surface area contributed by atoms with Crippen LogP contribution in [0.5, 0.6) is 5.75 Å². The Balaban J connectivity index is 2.43. The van der Waals surface area contributed by atoms with Gasteiger partial charge in [-0.15, -0.1) is 0 Å². The van der Waals surface area contributed by atoms with Gasteiger partial charge in [0, 0.05) is 23.3 Å². The van der Waals surface area contributed by atoms with Crippen LogP contribution >= 0.6 is 0 Å². The van der Waals surface area contributed by atoms with Crippen molar-refractivity contribution < 1.29 is 13.9 Å². The van der Waals surface area contributed by atoms with Crippen LogP contribution in [0.15, 0.2) is 39.5 Å². The van der Waals surface area contributed by atoms with E-state index in [1.54, 1.807) is 6.07 Å². The normalized spacial score (nSPS) is 10.6. The average Bonchev–Trinajstić information content (AvgIpc) is 2.45. The highest BCUT2D eigenvalue weighted by molar-refractivity contribution is 6.04. The minimum atomic E-state index is -0.581. The van der Waals surface area contributed by atoms with Gasteiger partial charge in [-0.05, 0) is 24.3 Å². The topological polar surface area (TPSA) is 50.4 Å². The van der Waals surface area contributed by atoms with Gasteiger partial charge in [-0.3, -0.25) is 0 Å². The van der Waals surface area contributed by atoms with Crippen LogP contribution in [0.4, 0.5) is 4.39 Å². The van der Waals surface area contributed by atoms with Gasteiger partial charge in [0.1, 0.15) is 17.1 Å². The van der Waals surface area contributed by atoms with E-state index in [2.05, 4.69) is 11.8 Å². The standard InChI is InChI=1S/C17H11FO3/c1-2-3-4-10-7-14-13(9-15(10)18)12-6-5-11(19)8-16(12)21-17(14)20/h5-9,19H,2H2,1H3. The van der Waals surface area contributed by atoms with Crippen LogP contribution in [0.2, 0.25) is 0 Å². The first kappa shape index (κ1) is 13.2. The Morgan fingerprint density at radius 3 is 2.76 bits per heavy atom. The highest BCUT2D eigenvalue weighted by Gasteiger charge is 2.11. The first-order chi connectivity index (χ1) is 10.1. The van der Waals surface area contributed by atoms with E-state index in [-0.39, 0.29) is 22.3 Å². The summed E-state index contributed by atoms with van der Waals surface area (Å²) >= 11 is 0. The molecule has 1 N–H and O–H groups in total. The van der Waals surface area contributed by atoms with Crippen molar-refractivity contribution in [3.05, 3.63) is 52.1 Å². The summed E-state index contributed by atoms with van der Waals surface area (Å²) in [5.74, 6) is 4.97. The molecule has 1 heterocycles. The molecule has 0 aliphatic carbocycles. The number of hydrogen-bond donors (Lipinski definition) is 1. The molecule has 3 rings (SSSR count). The summed E-state index contributed by atoms with van der Waals surface area (Å²) < 4.78 is 19.3. The van der Waals surface area contributed by atoms with Crippen LogP contribution in [0.3, 0.4) is 0 Å². The number of hydrogen-bond acceptors (Lipinski definition) is 3. The van der Waals surface area contributed by atoms with Gasteiger partial charge in [-0.1, -0.05) is 18.8 Å². The van der Waals surface area contributed by atoms with E-state index in [4.69, 9.17) is 4.42 Å². The van der Waals surface area contributed by atoms with E-state index < -0.39 is 11.4 Å². The monoisotopic (exact) mass is 282 g/mol. The maximum absolute atomic E-state index is 14.1. The molecule has 4 heteroatoms. The number of fused-ring (bicyclic) bond motifs is 3. The fourth-order valence-electron chi connectivity index (χ4n) is 2.22. The van der Waals surface area contributed by atoms with Crippen molar-refractivity contribution in [2.45, 2.75) is 13.3 Å². The molecule has 2 aromatic carbocycles. The molecule has 0 aliphatic heterocycles. The molecule has 0 atom stereocenters. The molecule has 0 saturated heterocycles. The molecular weight excluding hydrogens is 271 g/mol. The molecule has 0 amide bonds. The maximum atomic E-state index is 14.1. The van der Waals surface area contributed by atoms with Gasteiger partial charge in [-0.25, -0.2) is 9.18 Å². The number of phenolic OH excluding ortho intramolecular Hbond substituents is 1. The smallest absolute Gasteiger partial charge is 0.344 e. The molecule has 0 fully saturated rings. The molecule has 3 nitrogen and oxygen atoms in total. The summed E-state index contributed by atoms with van der Waals surface area (Å²) in [4.78, 5) is 12.0. The first-order valence-electron chi connectivity index (χ1n) is 6.48. The van der Waals surface area contributed by atoms with Crippen molar-refractivity contribution in [1.82, 2.24) is 0 Å². The Morgan fingerprint density at radius 1 is 1.19 bits per heavy atom. The molecule has 104 valence electrons. The molecule has 21 heavy (non-hydrogen) atoms. The molecule has 0 saturated carbocycles. The summed E-state index contributed by atoms with van der Waals surface area (Å²) in [6.45, 7) is 1.86. The third-order valence-corrected chi connectivity index (χ3v) is 3.18. The molecular formula is C17H11FO3. The van der Waals surface area contributed by atoms with Gasteiger partial charge in [-0.2, -0.15) is 0 Å². The van der Waals surface area contributed by atoms with E-state index in [9.17, 15) is 14.3 Å². The molecule has 0 bridgehead atoms. The van der Waals surface area contributed by atoms with Crippen molar-refractivity contribution in [3.8, 4) is 17.6 Å². The lowest BCUT2D eigenvalue weighted by Gasteiger charge is -2.04.